The van der Waals surface area contributed by atoms with E-state index >= 15 is 0 Å². The second kappa shape index (κ2) is 6.78. The predicted molar refractivity (Wildman–Crippen MR) is 98.1 cm³/mol. The van der Waals surface area contributed by atoms with Crippen molar-refractivity contribution in [2.45, 2.75) is 31.9 Å². The van der Waals surface area contributed by atoms with Crippen molar-refractivity contribution in [2.75, 3.05) is 5.32 Å². The van der Waals surface area contributed by atoms with E-state index in [1.54, 1.807) is 42.6 Å². The Bertz CT molecular complexity index is 1020. The zero-order chi connectivity index (χ0) is 19.9. The Hall–Kier alpha value is -3.16. The lowest BCUT2D eigenvalue weighted by molar-refractivity contribution is -0.141. The number of pyridine rings is 1. The summed E-state index contributed by atoms with van der Waals surface area (Å²) in [6, 6.07) is 11.5. The lowest BCUT2D eigenvalue weighted by Gasteiger charge is -2.11. The summed E-state index contributed by atoms with van der Waals surface area (Å²) in [5.41, 5.74) is 2.15. The van der Waals surface area contributed by atoms with Crippen LogP contribution in [0.4, 0.5) is 18.9 Å². The second-order valence-electron chi connectivity index (χ2n) is 6.77. The fraction of sp³-hybridized carbons (Fsp3) is 0.250. The van der Waals surface area contributed by atoms with Crippen LogP contribution in [0, 0.1) is 0 Å². The van der Waals surface area contributed by atoms with Gasteiger partial charge in [-0.2, -0.15) is 18.3 Å². The van der Waals surface area contributed by atoms with Crippen molar-refractivity contribution >= 4 is 11.6 Å². The van der Waals surface area contributed by atoms with Crippen LogP contribution < -0.4 is 5.32 Å². The summed E-state index contributed by atoms with van der Waals surface area (Å²) in [6.45, 7) is 1.41. The van der Waals surface area contributed by atoms with Gasteiger partial charge >= 0.3 is 6.18 Å². The highest BCUT2D eigenvalue weighted by atomic mass is 19.4. The molecule has 2 heterocycles. The topological polar surface area (TPSA) is 59.8 Å². The highest BCUT2D eigenvalue weighted by Gasteiger charge is 2.38. The largest absolute Gasteiger partial charge is 0.435 e. The number of anilines is 1. The first-order valence-electron chi connectivity index (χ1n) is 8.83. The lowest BCUT2D eigenvalue weighted by atomic mass is 10.1. The fourth-order valence-electron chi connectivity index (χ4n) is 3.10. The Labute approximate surface area is 159 Å². The van der Waals surface area contributed by atoms with Gasteiger partial charge in [-0.1, -0.05) is 12.1 Å². The van der Waals surface area contributed by atoms with E-state index in [1.807, 2.05) is 0 Å². The lowest BCUT2D eigenvalue weighted by Crippen LogP contribution is -2.08. The molecule has 0 saturated heterocycles. The molecule has 28 heavy (non-hydrogen) atoms. The Kier molecular flexibility index (Phi) is 4.41. The molecule has 1 aliphatic rings. The van der Waals surface area contributed by atoms with E-state index in [4.69, 9.17) is 0 Å². The molecule has 0 unspecified atom stereocenters. The molecule has 0 radical (unpaired) electrons. The number of benzene rings is 1. The first-order valence-corrected chi connectivity index (χ1v) is 8.83. The number of alkyl halides is 3. The van der Waals surface area contributed by atoms with E-state index in [-0.39, 0.29) is 11.8 Å². The van der Waals surface area contributed by atoms with Gasteiger partial charge < -0.3 is 5.32 Å². The van der Waals surface area contributed by atoms with E-state index in [0.717, 1.165) is 24.5 Å². The van der Waals surface area contributed by atoms with Crippen molar-refractivity contribution in [3.63, 3.8) is 0 Å². The van der Waals surface area contributed by atoms with Gasteiger partial charge in [0.15, 0.2) is 5.69 Å². The monoisotopic (exact) mass is 386 g/mol. The van der Waals surface area contributed by atoms with Crippen molar-refractivity contribution < 1.29 is 18.0 Å². The molecule has 144 valence electrons. The second-order valence-corrected chi connectivity index (χ2v) is 6.77. The van der Waals surface area contributed by atoms with Crippen LogP contribution in [0.25, 0.3) is 16.9 Å². The normalized spacial score (nSPS) is 14.1. The van der Waals surface area contributed by atoms with Gasteiger partial charge in [-0.05, 0) is 43.2 Å². The van der Waals surface area contributed by atoms with Gasteiger partial charge in [0.1, 0.15) is 0 Å². The van der Waals surface area contributed by atoms with Crippen LogP contribution in [0.1, 0.15) is 37.1 Å². The minimum atomic E-state index is -4.48. The summed E-state index contributed by atoms with van der Waals surface area (Å²) >= 11 is 0. The maximum absolute atomic E-state index is 13.1. The van der Waals surface area contributed by atoms with Crippen LogP contribution in [-0.2, 0) is 11.0 Å². The molecule has 0 spiro atoms. The number of halogens is 3. The number of rotatable bonds is 4. The minimum absolute atomic E-state index is 0.116. The van der Waals surface area contributed by atoms with Gasteiger partial charge in [0.2, 0.25) is 5.91 Å². The van der Waals surface area contributed by atoms with E-state index < -0.39 is 11.9 Å². The zero-order valence-corrected chi connectivity index (χ0v) is 15.0. The summed E-state index contributed by atoms with van der Waals surface area (Å²) in [5, 5.41) is 6.52. The summed E-state index contributed by atoms with van der Waals surface area (Å²) < 4.78 is 40.7. The molecule has 1 aromatic carbocycles. The van der Waals surface area contributed by atoms with Crippen LogP contribution in [0.15, 0.2) is 48.7 Å². The molecule has 1 amide bonds. The third-order valence-corrected chi connectivity index (χ3v) is 4.53. The molecular weight excluding hydrogens is 369 g/mol. The van der Waals surface area contributed by atoms with Crippen molar-refractivity contribution in [1.29, 1.82) is 0 Å². The first-order chi connectivity index (χ1) is 13.3. The highest BCUT2D eigenvalue weighted by molar-refractivity contribution is 5.93. The van der Waals surface area contributed by atoms with Gasteiger partial charge in [0, 0.05) is 30.3 Å². The van der Waals surface area contributed by atoms with Gasteiger partial charge in [0.25, 0.3) is 0 Å². The van der Waals surface area contributed by atoms with Crippen LogP contribution in [0.5, 0.6) is 0 Å². The maximum Gasteiger partial charge on any atom is 0.435 e. The molecule has 1 N–H and O–H groups in total. The maximum atomic E-state index is 13.1. The summed E-state index contributed by atoms with van der Waals surface area (Å²) in [4.78, 5) is 15.7. The number of nitrogens with zero attached hydrogens (tertiary/aromatic N) is 3. The standard InChI is InChI=1S/C20H17F3N4O/c1-12(28)25-16-3-2-10-24-19(16)14-6-8-15(9-7-14)27-17(13-4-5-13)11-18(26-27)20(21,22)23/h2-3,6-11,13H,4-5H2,1H3,(H,25,28). The van der Waals surface area contributed by atoms with Crippen molar-refractivity contribution in [3.05, 3.63) is 60.0 Å². The number of nitrogens with one attached hydrogen (secondary N) is 1. The molecule has 0 aliphatic heterocycles. The first kappa shape index (κ1) is 18.2. The SMILES string of the molecule is CC(=O)Nc1cccnc1-c1ccc(-n2nc(C(F)(F)F)cc2C2CC2)cc1. The molecule has 0 bridgehead atoms. The average molecular weight is 386 g/mol. The summed E-state index contributed by atoms with van der Waals surface area (Å²) in [7, 11) is 0. The highest BCUT2D eigenvalue weighted by Crippen LogP contribution is 2.43. The van der Waals surface area contributed by atoms with Crippen LogP contribution in [0.3, 0.4) is 0 Å². The molecule has 1 aliphatic carbocycles. The smallest absolute Gasteiger partial charge is 0.324 e. The van der Waals surface area contributed by atoms with Crippen LogP contribution >= 0.6 is 0 Å². The molecule has 5 nitrogen and oxygen atoms in total. The predicted octanol–water partition coefficient (Wildman–Crippen LogP) is 4.79. The quantitative estimate of drug-likeness (QED) is 0.701. The Morgan fingerprint density at radius 1 is 1.18 bits per heavy atom. The number of hydrogen-bond acceptors (Lipinski definition) is 3. The molecular formula is C20H17F3N4O. The number of aromatic nitrogens is 3. The van der Waals surface area contributed by atoms with Crippen molar-refractivity contribution in [2.24, 2.45) is 0 Å². The van der Waals surface area contributed by atoms with Gasteiger partial charge in [-0.25, -0.2) is 4.68 Å². The Balaban J connectivity index is 1.70. The molecule has 3 aromatic rings. The minimum Gasteiger partial charge on any atom is -0.324 e. The number of carbonyl (C=O) groups excluding carboxylic acids is 1. The Morgan fingerprint density at radius 3 is 2.50 bits per heavy atom. The zero-order valence-electron chi connectivity index (χ0n) is 15.0. The average Bonchev–Trinajstić information content (AvgIpc) is 3.39. The van der Waals surface area contributed by atoms with Gasteiger partial charge in [0.05, 0.1) is 17.1 Å². The van der Waals surface area contributed by atoms with Crippen LogP contribution in [-0.4, -0.2) is 20.7 Å². The molecule has 1 fully saturated rings. The molecule has 0 atom stereocenters. The van der Waals surface area contributed by atoms with E-state index in [0.29, 0.717) is 22.8 Å². The Morgan fingerprint density at radius 2 is 1.89 bits per heavy atom. The number of hydrogen-bond donors (Lipinski definition) is 1. The molecule has 4 rings (SSSR count). The van der Waals surface area contributed by atoms with Gasteiger partial charge in [-0.15, -0.1) is 0 Å². The van der Waals surface area contributed by atoms with Crippen LogP contribution in [0.2, 0.25) is 0 Å². The fourth-order valence-corrected chi connectivity index (χ4v) is 3.10. The molecule has 2 aromatic heterocycles. The molecule has 1 saturated carbocycles. The summed E-state index contributed by atoms with van der Waals surface area (Å²) in [5.74, 6) is -0.0957. The van der Waals surface area contributed by atoms with Gasteiger partial charge in [-0.3, -0.25) is 9.78 Å². The van der Waals surface area contributed by atoms with E-state index in [9.17, 15) is 18.0 Å². The third kappa shape index (κ3) is 3.62. The third-order valence-electron chi connectivity index (χ3n) is 4.53. The van der Waals surface area contributed by atoms with E-state index in [1.165, 1.54) is 11.6 Å². The van der Waals surface area contributed by atoms with Crippen molar-refractivity contribution in [3.8, 4) is 16.9 Å². The van der Waals surface area contributed by atoms with E-state index in [2.05, 4.69) is 15.4 Å². The molecule has 8 heteroatoms. The number of carbonyl (C=O) groups is 1. The van der Waals surface area contributed by atoms with Crippen molar-refractivity contribution in [1.82, 2.24) is 14.8 Å². The number of amides is 1. The summed E-state index contributed by atoms with van der Waals surface area (Å²) in [6.07, 6.45) is -1.12.